The zero-order chi connectivity index (χ0) is 16.7. The number of benzene rings is 1. The number of nitrogens with zero attached hydrogens (tertiary/aromatic N) is 1. The van der Waals surface area contributed by atoms with Crippen molar-refractivity contribution >= 4 is 12.0 Å². The molecule has 0 saturated heterocycles. The highest BCUT2D eigenvalue weighted by molar-refractivity contribution is 5.75. The van der Waals surface area contributed by atoms with E-state index in [0.29, 0.717) is 0 Å². The second-order valence-corrected chi connectivity index (χ2v) is 6.26. The van der Waals surface area contributed by atoms with E-state index in [1.807, 2.05) is 30.3 Å². The van der Waals surface area contributed by atoms with Crippen LogP contribution in [-0.4, -0.2) is 16.1 Å². The van der Waals surface area contributed by atoms with E-state index >= 15 is 0 Å². The molecule has 1 atom stereocenters. The monoisotopic (exact) mass is 309 g/mol. The molecule has 1 aromatic heterocycles. The van der Waals surface area contributed by atoms with Gasteiger partial charge >= 0.3 is 5.97 Å². The first-order chi connectivity index (χ1) is 11.0. The summed E-state index contributed by atoms with van der Waals surface area (Å²) >= 11 is 0. The third kappa shape index (κ3) is 4.52. The summed E-state index contributed by atoms with van der Waals surface area (Å²) in [5, 5.41) is 9.57. The highest BCUT2D eigenvalue weighted by Crippen LogP contribution is 2.39. The largest absolute Gasteiger partial charge is 0.481 e. The predicted octanol–water partition coefficient (Wildman–Crippen LogP) is 4.77. The lowest BCUT2D eigenvalue weighted by Crippen LogP contribution is -2.31. The molecule has 0 amide bonds. The number of aromatic nitrogens is 1. The third-order valence-electron chi connectivity index (χ3n) is 4.24. The van der Waals surface area contributed by atoms with Crippen molar-refractivity contribution in [1.29, 1.82) is 0 Å². The van der Waals surface area contributed by atoms with Crippen LogP contribution in [0.2, 0.25) is 0 Å². The molecule has 3 heteroatoms. The molecule has 0 aliphatic rings. The van der Waals surface area contributed by atoms with Crippen molar-refractivity contribution in [1.82, 2.24) is 4.98 Å². The first kappa shape index (κ1) is 16.9. The van der Waals surface area contributed by atoms with Gasteiger partial charge in [-0.05, 0) is 43.9 Å². The van der Waals surface area contributed by atoms with Crippen LogP contribution >= 0.6 is 0 Å². The van der Waals surface area contributed by atoms with Crippen LogP contribution in [0.5, 0.6) is 0 Å². The number of carbonyl (C=O) groups is 1. The number of allylic oxidation sites excluding steroid dienone is 1. The highest BCUT2D eigenvalue weighted by atomic mass is 16.4. The lowest BCUT2D eigenvalue weighted by molar-refractivity contribution is -0.148. The summed E-state index contributed by atoms with van der Waals surface area (Å²) in [6.45, 7) is 3.57. The van der Waals surface area contributed by atoms with Gasteiger partial charge in [0.2, 0.25) is 0 Å². The molecule has 1 aromatic carbocycles. The molecular weight excluding hydrogens is 286 g/mol. The van der Waals surface area contributed by atoms with Crippen LogP contribution in [0.3, 0.4) is 0 Å². The van der Waals surface area contributed by atoms with E-state index in [2.05, 4.69) is 29.3 Å². The van der Waals surface area contributed by atoms with Gasteiger partial charge in [0, 0.05) is 18.3 Å². The van der Waals surface area contributed by atoms with E-state index in [1.165, 1.54) is 0 Å². The lowest BCUT2D eigenvalue weighted by atomic mass is 9.73. The number of carboxylic acid groups (broad SMARTS) is 1. The Labute approximate surface area is 137 Å². The fourth-order valence-corrected chi connectivity index (χ4v) is 2.72. The fourth-order valence-electron chi connectivity index (χ4n) is 2.72. The van der Waals surface area contributed by atoms with E-state index in [-0.39, 0.29) is 5.92 Å². The van der Waals surface area contributed by atoms with E-state index < -0.39 is 11.4 Å². The van der Waals surface area contributed by atoms with Gasteiger partial charge in [-0.25, -0.2) is 0 Å². The average molecular weight is 309 g/mol. The van der Waals surface area contributed by atoms with Gasteiger partial charge in [0.05, 0.1) is 5.41 Å². The van der Waals surface area contributed by atoms with Crippen LogP contribution in [0, 0.1) is 5.41 Å². The van der Waals surface area contributed by atoms with Crippen molar-refractivity contribution in [2.75, 3.05) is 0 Å². The molecule has 2 aromatic rings. The molecule has 0 spiro atoms. The molecule has 0 saturated carbocycles. The van der Waals surface area contributed by atoms with Crippen molar-refractivity contribution < 1.29 is 9.90 Å². The maximum absolute atomic E-state index is 11.7. The van der Waals surface area contributed by atoms with E-state index in [4.69, 9.17) is 0 Å². The minimum absolute atomic E-state index is 0.0749. The number of aliphatic carboxylic acids is 1. The lowest BCUT2D eigenvalue weighted by Gasteiger charge is -2.30. The Morgan fingerprint density at radius 2 is 1.96 bits per heavy atom. The molecule has 0 aliphatic heterocycles. The van der Waals surface area contributed by atoms with Crippen molar-refractivity contribution in [2.24, 2.45) is 5.41 Å². The molecule has 1 unspecified atom stereocenters. The minimum Gasteiger partial charge on any atom is -0.481 e. The van der Waals surface area contributed by atoms with Gasteiger partial charge in [0.15, 0.2) is 0 Å². The first-order valence-electron chi connectivity index (χ1n) is 7.86. The summed E-state index contributed by atoms with van der Waals surface area (Å²) in [5.74, 6) is -0.854. The molecule has 0 radical (unpaired) electrons. The smallest absolute Gasteiger partial charge is 0.309 e. The Bertz CT molecular complexity index is 648. The first-order valence-corrected chi connectivity index (χ1v) is 7.86. The summed E-state index contributed by atoms with van der Waals surface area (Å²) < 4.78 is 0. The fraction of sp³-hybridized carbons (Fsp3) is 0.300. The van der Waals surface area contributed by atoms with Crippen LogP contribution in [0.15, 0.2) is 60.9 Å². The normalized spacial score (nSPS) is 13.1. The Morgan fingerprint density at radius 3 is 2.57 bits per heavy atom. The van der Waals surface area contributed by atoms with Gasteiger partial charge in [0.1, 0.15) is 0 Å². The Balaban J connectivity index is 2.10. The zero-order valence-corrected chi connectivity index (χ0v) is 13.6. The number of carboxylic acids is 1. The molecular formula is C20H23NO2. The third-order valence-corrected chi connectivity index (χ3v) is 4.24. The van der Waals surface area contributed by atoms with Crippen LogP contribution in [0.1, 0.15) is 43.7 Å². The maximum atomic E-state index is 11.7. The molecule has 0 aliphatic carbocycles. The maximum Gasteiger partial charge on any atom is 0.309 e. The minimum atomic E-state index is -0.830. The van der Waals surface area contributed by atoms with Crippen molar-refractivity contribution in [2.45, 2.75) is 32.6 Å². The van der Waals surface area contributed by atoms with Crippen molar-refractivity contribution in [3.8, 4) is 0 Å². The number of pyridine rings is 1. The number of hydrogen-bond acceptors (Lipinski definition) is 2. The SMILES string of the molecule is CC(C)(C(=O)O)C(CC/C=C\c1ccccc1)c1cccnc1. The summed E-state index contributed by atoms with van der Waals surface area (Å²) in [7, 11) is 0. The van der Waals surface area contributed by atoms with E-state index in [0.717, 1.165) is 24.0 Å². The van der Waals surface area contributed by atoms with Crippen molar-refractivity contribution in [3.05, 3.63) is 72.1 Å². The molecule has 1 heterocycles. The second kappa shape index (κ2) is 7.73. The molecule has 2 rings (SSSR count). The molecule has 120 valence electrons. The van der Waals surface area contributed by atoms with Crippen LogP contribution < -0.4 is 0 Å². The topological polar surface area (TPSA) is 50.2 Å². The van der Waals surface area contributed by atoms with Crippen LogP contribution in [-0.2, 0) is 4.79 Å². The summed E-state index contributed by atoms with van der Waals surface area (Å²) in [6.07, 6.45) is 9.27. The van der Waals surface area contributed by atoms with Gasteiger partial charge in [-0.1, -0.05) is 48.6 Å². The predicted molar refractivity (Wildman–Crippen MR) is 93.1 cm³/mol. The summed E-state index contributed by atoms with van der Waals surface area (Å²) in [5.41, 5.74) is 1.31. The Kier molecular flexibility index (Phi) is 5.69. The number of hydrogen-bond donors (Lipinski definition) is 1. The zero-order valence-electron chi connectivity index (χ0n) is 13.6. The van der Waals surface area contributed by atoms with Gasteiger partial charge in [0.25, 0.3) is 0 Å². The van der Waals surface area contributed by atoms with Crippen molar-refractivity contribution in [3.63, 3.8) is 0 Å². The highest BCUT2D eigenvalue weighted by Gasteiger charge is 2.37. The number of rotatable bonds is 7. The average Bonchev–Trinajstić information content (AvgIpc) is 2.56. The van der Waals surface area contributed by atoms with Crippen LogP contribution in [0.25, 0.3) is 6.08 Å². The molecule has 3 nitrogen and oxygen atoms in total. The summed E-state index contributed by atoms with van der Waals surface area (Å²) in [6, 6.07) is 13.9. The second-order valence-electron chi connectivity index (χ2n) is 6.26. The standard InChI is InChI=1S/C20H23NO2/c1-20(2,19(22)23)18(17-12-8-14-21-15-17)13-7-6-11-16-9-4-3-5-10-16/h3-6,8-12,14-15,18H,7,13H2,1-2H3,(H,22,23)/b11-6-. The van der Waals surface area contributed by atoms with Crippen LogP contribution in [0.4, 0.5) is 0 Å². The Hall–Kier alpha value is -2.42. The van der Waals surface area contributed by atoms with Gasteiger partial charge < -0.3 is 5.11 Å². The molecule has 0 fully saturated rings. The molecule has 1 N–H and O–H groups in total. The van der Waals surface area contributed by atoms with Gasteiger partial charge in [-0.3, -0.25) is 9.78 Å². The molecule has 23 heavy (non-hydrogen) atoms. The quantitative estimate of drug-likeness (QED) is 0.801. The Morgan fingerprint density at radius 1 is 1.22 bits per heavy atom. The summed E-state index contributed by atoms with van der Waals surface area (Å²) in [4.78, 5) is 15.8. The van der Waals surface area contributed by atoms with Gasteiger partial charge in [-0.15, -0.1) is 0 Å². The van der Waals surface area contributed by atoms with E-state index in [1.54, 1.807) is 26.2 Å². The van der Waals surface area contributed by atoms with Gasteiger partial charge in [-0.2, -0.15) is 0 Å². The molecule has 0 bridgehead atoms. The van der Waals surface area contributed by atoms with E-state index in [9.17, 15) is 9.90 Å².